The number of hydrogen-bond donors (Lipinski definition) is 1. The summed E-state index contributed by atoms with van der Waals surface area (Å²) in [6, 6.07) is 2.66. The number of urea groups is 1. The maximum absolute atomic E-state index is 12.3. The zero-order chi connectivity index (χ0) is 14.0. The number of methoxy groups -OCH3 is 1. The predicted octanol–water partition coefficient (Wildman–Crippen LogP) is 0.0216. The smallest absolute Gasteiger partial charge is 0.325 e. The van der Waals surface area contributed by atoms with Crippen LogP contribution in [0.15, 0.2) is 24.5 Å². The van der Waals surface area contributed by atoms with Gasteiger partial charge in [-0.3, -0.25) is 19.5 Å². The Bertz CT molecular complexity index is 531. The van der Waals surface area contributed by atoms with Crippen molar-refractivity contribution in [3.8, 4) is 0 Å². The minimum Gasteiger partial charge on any atom is -0.468 e. The highest BCUT2D eigenvalue weighted by Gasteiger charge is 2.49. The molecule has 0 aliphatic carbocycles. The number of pyridine rings is 1. The molecule has 1 saturated heterocycles. The molecule has 3 amide bonds. The summed E-state index contributed by atoms with van der Waals surface area (Å²) in [4.78, 5) is 40.0. The highest BCUT2D eigenvalue weighted by molar-refractivity contribution is 6.08. The summed E-state index contributed by atoms with van der Waals surface area (Å²) in [6.45, 7) is 1.18. The number of rotatable bonds is 3. The van der Waals surface area contributed by atoms with Crippen LogP contribution in [-0.2, 0) is 19.9 Å². The van der Waals surface area contributed by atoms with Crippen LogP contribution in [0.2, 0.25) is 0 Å². The molecule has 2 heterocycles. The molecule has 0 spiro atoms. The van der Waals surface area contributed by atoms with Crippen LogP contribution in [0, 0.1) is 0 Å². The third-order valence-electron chi connectivity index (χ3n) is 3.05. The van der Waals surface area contributed by atoms with Gasteiger partial charge in [-0.2, -0.15) is 0 Å². The van der Waals surface area contributed by atoms with Crippen molar-refractivity contribution >= 4 is 17.9 Å². The largest absolute Gasteiger partial charge is 0.468 e. The van der Waals surface area contributed by atoms with Gasteiger partial charge in [0, 0.05) is 12.4 Å². The molecule has 0 radical (unpaired) electrons. The molecule has 0 aromatic carbocycles. The number of nitrogens with zero attached hydrogens (tertiary/aromatic N) is 2. The third-order valence-corrected chi connectivity index (χ3v) is 3.05. The summed E-state index contributed by atoms with van der Waals surface area (Å²) in [5, 5.41) is 2.58. The van der Waals surface area contributed by atoms with E-state index in [1.54, 1.807) is 19.1 Å². The van der Waals surface area contributed by atoms with Crippen LogP contribution in [0.4, 0.5) is 4.79 Å². The molecule has 100 valence electrons. The predicted molar refractivity (Wildman–Crippen MR) is 63.8 cm³/mol. The van der Waals surface area contributed by atoms with E-state index in [4.69, 9.17) is 0 Å². The Balaban J connectivity index is 2.29. The maximum atomic E-state index is 12.3. The van der Waals surface area contributed by atoms with Crippen molar-refractivity contribution in [3.05, 3.63) is 30.1 Å². The van der Waals surface area contributed by atoms with Gasteiger partial charge in [-0.25, -0.2) is 4.79 Å². The zero-order valence-electron chi connectivity index (χ0n) is 10.5. The lowest BCUT2D eigenvalue weighted by Gasteiger charge is -2.21. The maximum Gasteiger partial charge on any atom is 0.325 e. The Hall–Kier alpha value is -2.44. The molecule has 2 rings (SSSR count). The Morgan fingerprint density at radius 3 is 2.63 bits per heavy atom. The summed E-state index contributed by atoms with van der Waals surface area (Å²) >= 11 is 0. The number of esters is 1. The first kappa shape index (κ1) is 13.0. The summed E-state index contributed by atoms with van der Waals surface area (Å²) in [7, 11) is 1.20. The van der Waals surface area contributed by atoms with Crippen molar-refractivity contribution in [3.63, 3.8) is 0 Å². The third kappa shape index (κ3) is 2.14. The Morgan fingerprint density at radius 2 is 2.05 bits per heavy atom. The van der Waals surface area contributed by atoms with E-state index < -0.39 is 30.0 Å². The lowest BCUT2D eigenvalue weighted by Crippen LogP contribution is -2.41. The average molecular weight is 263 g/mol. The molecule has 7 heteroatoms. The van der Waals surface area contributed by atoms with Crippen LogP contribution in [0.3, 0.4) is 0 Å². The first-order valence-electron chi connectivity index (χ1n) is 5.60. The molecule has 1 aliphatic rings. The van der Waals surface area contributed by atoms with Gasteiger partial charge in [-0.1, -0.05) is 0 Å². The van der Waals surface area contributed by atoms with Crippen molar-refractivity contribution in [2.45, 2.75) is 12.5 Å². The number of carbonyl (C=O) groups excluding carboxylic acids is 3. The lowest BCUT2D eigenvalue weighted by atomic mass is 9.93. The van der Waals surface area contributed by atoms with Crippen molar-refractivity contribution in [2.75, 3.05) is 13.7 Å². The Morgan fingerprint density at radius 1 is 1.42 bits per heavy atom. The molecule has 1 fully saturated rings. The Labute approximate surface area is 109 Å². The number of aromatic nitrogens is 1. The van der Waals surface area contributed by atoms with Gasteiger partial charge in [-0.15, -0.1) is 0 Å². The number of nitrogens with one attached hydrogen (secondary N) is 1. The summed E-state index contributed by atoms with van der Waals surface area (Å²) in [5.41, 5.74) is -0.582. The van der Waals surface area contributed by atoms with E-state index >= 15 is 0 Å². The molecular formula is C12H13N3O4. The Kier molecular flexibility index (Phi) is 3.20. The topological polar surface area (TPSA) is 88.6 Å². The molecule has 1 N–H and O–H groups in total. The molecule has 0 bridgehead atoms. The molecule has 1 aromatic heterocycles. The fraction of sp³-hybridized carbons (Fsp3) is 0.333. The fourth-order valence-electron chi connectivity index (χ4n) is 1.92. The van der Waals surface area contributed by atoms with Gasteiger partial charge < -0.3 is 10.1 Å². The van der Waals surface area contributed by atoms with Crippen LogP contribution in [0.25, 0.3) is 0 Å². The van der Waals surface area contributed by atoms with Crippen LogP contribution in [0.1, 0.15) is 12.5 Å². The van der Waals surface area contributed by atoms with Gasteiger partial charge in [0.2, 0.25) is 0 Å². The molecular weight excluding hydrogens is 250 g/mol. The van der Waals surface area contributed by atoms with Crippen LogP contribution in [-0.4, -0.2) is 41.4 Å². The van der Waals surface area contributed by atoms with E-state index in [2.05, 4.69) is 15.0 Å². The molecule has 1 aromatic rings. The van der Waals surface area contributed by atoms with Crippen molar-refractivity contribution in [2.24, 2.45) is 0 Å². The summed E-state index contributed by atoms with van der Waals surface area (Å²) < 4.78 is 4.46. The van der Waals surface area contributed by atoms with Gasteiger partial charge in [0.25, 0.3) is 5.91 Å². The molecule has 19 heavy (non-hydrogen) atoms. The average Bonchev–Trinajstić information content (AvgIpc) is 2.64. The second-order valence-corrected chi connectivity index (χ2v) is 4.26. The van der Waals surface area contributed by atoms with E-state index in [1.807, 2.05) is 0 Å². The van der Waals surface area contributed by atoms with Crippen molar-refractivity contribution in [1.29, 1.82) is 0 Å². The van der Waals surface area contributed by atoms with Crippen LogP contribution in [0.5, 0.6) is 0 Å². The SMILES string of the molecule is COC(=O)CN1C(=O)N[C@@](C)(c2ccncc2)C1=O. The minimum atomic E-state index is -1.19. The van der Waals surface area contributed by atoms with E-state index in [0.717, 1.165) is 4.90 Å². The molecule has 0 unspecified atom stereocenters. The second-order valence-electron chi connectivity index (χ2n) is 4.26. The van der Waals surface area contributed by atoms with E-state index in [9.17, 15) is 14.4 Å². The number of carbonyl (C=O) groups is 3. The molecule has 1 atom stereocenters. The highest BCUT2D eigenvalue weighted by atomic mass is 16.5. The zero-order valence-corrected chi connectivity index (χ0v) is 10.5. The van der Waals surface area contributed by atoms with Crippen LogP contribution < -0.4 is 5.32 Å². The van der Waals surface area contributed by atoms with Gasteiger partial charge in [0.1, 0.15) is 12.1 Å². The first-order chi connectivity index (χ1) is 8.99. The summed E-state index contributed by atoms with van der Waals surface area (Å²) in [5.74, 6) is -1.14. The van der Waals surface area contributed by atoms with Crippen molar-refractivity contribution < 1.29 is 19.1 Å². The van der Waals surface area contributed by atoms with Crippen molar-refractivity contribution in [1.82, 2.24) is 15.2 Å². The fourth-order valence-corrected chi connectivity index (χ4v) is 1.92. The normalized spacial score (nSPS) is 22.3. The lowest BCUT2D eigenvalue weighted by molar-refractivity contribution is -0.145. The van der Waals surface area contributed by atoms with Gasteiger partial charge in [0.05, 0.1) is 7.11 Å². The van der Waals surface area contributed by atoms with E-state index in [1.165, 1.54) is 19.5 Å². The van der Waals surface area contributed by atoms with E-state index in [-0.39, 0.29) is 0 Å². The standard InChI is InChI=1S/C12H13N3O4/c1-12(8-3-5-13-6-4-8)10(17)15(11(18)14-12)7-9(16)19-2/h3-6H,7H2,1-2H3,(H,14,18)/t12-/m0/s1. The highest BCUT2D eigenvalue weighted by Crippen LogP contribution is 2.28. The van der Waals surface area contributed by atoms with Gasteiger partial charge in [-0.05, 0) is 24.6 Å². The number of imide groups is 1. The summed E-state index contributed by atoms with van der Waals surface area (Å²) in [6.07, 6.45) is 3.06. The van der Waals surface area contributed by atoms with Gasteiger partial charge >= 0.3 is 12.0 Å². The number of hydrogen-bond acceptors (Lipinski definition) is 5. The second kappa shape index (κ2) is 4.68. The molecule has 1 aliphatic heterocycles. The number of amides is 3. The van der Waals surface area contributed by atoms with Gasteiger partial charge in [0.15, 0.2) is 0 Å². The first-order valence-corrected chi connectivity index (χ1v) is 5.60. The minimum absolute atomic E-state index is 0.401. The monoisotopic (exact) mass is 263 g/mol. The molecule has 0 saturated carbocycles. The quantitative estimate of drug-likeness (QED) is 0.613. The molecule has 7 nitrogen and oxygen atoms in total. The number of ether oxygens (including phenoxy) is 1. The van der Waals surface area contributed by atoms with Crippen LogP contribution >= 0.6 is 0 Å². The van der Waals surface area contributed by atoms with E-state index in [0.29, 0.717) is 5.56 Å².